The van der Waals surface area contributed by atoms with E-state index in [2.05, 4.69) is 31.2 Å². The van der Waals surface area contributed by atoms with Crippen molar-refractivity contribution < 1.29 is 9.18 Å². The number of nitrogens with one attached hydrogen (secondary N) is 1. The van der Waals surface area contributed by atoms with E-state index in [9.17, 15) is 9.18 Å². The van der Waals surface area contributed by atoms with Crippen LogP contribution >= 0.6 is 15.9 Å². The molecule has 0 fully saturated rings. The molecule has 0 aliphatic rings. The molecule has 114 valence electrons. The molecule has 0 bridgehead atoms. The molecule has 23 heavy (non-hydrogen) atoms. The summed E-state index contributed by atoms with van der Waals surface area (Å²) in [6, 6.07) is 13.1. The smallest absolute Gasteiger partial charge is 0.258 e. The maximum Gasteiger partial charge on any atom is 0.258 e. The number of carbonyl (C=O) groups excluding carboxylic acids is 1. The normalized spacial score (nSPS) is 10.3. The standard InChI is InChI=1S/C17H11BrFN3O/c18-13-2-1-3-15(8-13)22-17(23)12-9-20-16(21-10-12)11-4-6-14(19)7-5-11/h1-10H,(H,22,23). The number of aromatic nitrogens is 2. The minimum absolute atomic E-state index is 0.297. The summed E-state index contributed by atoms with van der Waals surface area (Å²) in [4.78, 5) is 20.5. The van der Waals surface area contributed by atoms with Crippen molar-refractivity contribution >= 4 is 27.5 Å². The van der Waals surface area contributed by atoms with Gasteiger partial charge in [-0.25, -0.2) is 14.4 Å². The summed E-state index contributed by atoms with van der Waals surface area (Å²) in [6.07, 6.45) is 2.89. The Morgan fingerprint density at radius 1 is 1.04 bits per heavy atom. The molecule has 0 saturated heterocycles. The summed E-state index contributed by atoms with van der Waals surface area (Å²) < 4.78 is 13.8. The number of carbonyl (C=O) groups is 1. The van der Waals surface area contributed by atoms with Gasteiger partial charge < -0.3 is 5.32 Å². The van der Waals surface area contributed by atoms with Crippen molar-refractivity contribution in [3.8, 4) is 11.4 Å². The molecular weight excluding hydrogens is 361 g/mol. The van der Waals surface area contributed by atoms with Gasteiger partial charge in [0.25, 0.3) is 5.91 Å². The monoisotopic (exact) mass is 371 g/mol. The number of rotatable bonds is 3. The highest BCUT2D eigenvalue weighted by atomic mass is 79.9. The zero-order chi connectivity index (χ0) is 16.2. The van der Waals surface area contributed by atoms with Crippen LogP contribution in [-0.4, -0.2) is 15.9 Å². The fourth-order valence-corrected chi connectivity index (χ4v) is 2.36. The molecule has 0 spiro atoms. The molecule has 6 heteroatoms. The zero-order valence-electron chi connectivity index (χ0n) is 11.8. The van der Waals surface area contributed by atoms with Crippen molar-refractivity contribution in [3.63, 3.8) is 0 Å². The fourth-order valence-electron chi connectivity index (χ4n) is 1.96. The molecule has 1 heterocycles. The SMILES string of the molecule is O=C(Nc1cccc(Br)c1)c1cnc(-c2ccc(F)cc2)nc1. The Balaban J connectivity index is 1.76. The van der Waals surface area contributed by atoms with Crippen molar-refractivity contribution in [2.24, 2.45) is 0 Å². The van der Waals surface area contributed by atoms with Crippen LogP contribution in [0.4, 0.5) is 10.1 Å². The number of anilines is 1. The Bertz CT molecular complexity index is 835. The van der Waals surface area contributed by atoms with Crippen LogP contribution in [0.2, 0.25) is 0 Å². The van der Waals surface area contributed by atoms with Gasteiger partial charge in [0.2, 0.25) is 0 Å². The summed E-state index contributed by atoms with van der Waals surface area (Å²) in [5.41, 5.74) is 1.70. The molecule has 3 aromatic rings. The Kier molecular flexibility index (Phi) is 4.43. The second kappa shape index (κ2) is 6.66. The highest BCUT2D eigenvalue weighted by molar-refractivity contribution is 9.10. The molecule has 1 N–H and O–H groups in total. The quantitative estimate of drug-likeness (QED) is 0.746. The van der Waals surface area contributed by atoms with Gasteiger partial charge in [-0.1, -0.05) is 22.0 Å². The Hall–Kier alpha value is -2.60. The van der Waals surface area contributed by atoms with Crippen molar-refractivity contribution in [3.05, 3.63) is 76.8 Å². The van der Waals surface area contributed by atoms with Gasteiger partial charge in [-0.2, -0.15) is 0 Å². The molecule has 2 aromatic carbocycles. The molecule has 1 amide bonds. The van der Waals surface area contributed by atoms with Crippen LogP contribution in [0, 0.1) is 5.82 Å². The van der Waals surface area contributed by atoms with Gasteiger partial charge in [-0.15, -0.1) is 0 Å². The molecule has 1 aromatic heterocycles. The molecule has 0 aliphatic carbocycles. The lowest BCUT2D eigenvalue weighted by atomic mass is 10.2. The number of hydrogen-bond donors (Lipinski definition) is 1. The summed E-state index contributed by atoms with van der Waals surface area (Å²) in [6.45, 7) is 0. The first-order valence-corrected chi connectivity index (χ1v) is 7.56. The fraction of sp³-hybridized carbons (Fsp3) is 0. The summed E-state index contributed by atoms with van der Waals surface area (Å²) in [5, 5.41) is 2.77. The number of benzene rings is 2. The highest BCUT2D eigenvalue weighted by Gasteiger charge is 2.09. The summed E-state index contributed by atoms with van der Waals surface area (Å²) >= 11 is 3.35. The first-order valence-electron chi connectivity index (χ1n) is 6.77. The van der Waals surface area contributed by atoms with Crippen molar-refractivity contribution in [1.82, 2.24) is 9.97 Å². The highest BCUT2D eigenvalue weighted by Crippen LogP contribution is 2.17. The average molecular weight is 372 g/mol. The minimum atomic E-state index is -0.321. The Morgan fingerprint density at radius 2 is 1.74 bits per heavy atom. The van der Waals surface area contributed by atoms with E-state index in [1.165, 1.54) is 24.5 Å². The zero-order valence-corrected chi connectivity index (χ0v) is 13.4. The van der Waals surface area contributed by atoms with Crippen molar-refractivity contribution in [2.75, 3.05) is 5.32 Å². The van der Waals surface area contributed by atoms with E-state index in [1.807, 2.05) is 12.1 Å². The lowest BCUT2D eigenvalue weighted by Gasteiger charge is -2.06. The molecule has 0 atom stereocenters. The third kappa shape index (κ3) is 3.78. The van der Waals surface area contributed by atoms with E-state index in [0.717, 1.165) is 4.47 Å². The predicted molar refractivity (Wildman–Crippen MR) is 89.5 cm³/mol. The van der Waals surface area contributed by atoms with E-state index in [-0.39, 0.29) is 11.7 Å². The number of hydrogen-bond acceptors (Lipinski definition) is 3. The van der Waals surface area contributed by atoms with Crippen molar-refractivity contribution in [2.45, 2.75) is 0 Å². The maximum atomic E-state index is 12.9. The minimum Gasteiger partial charge on any atom is -0.322 e. The molecular formula is C17H11BrFN3O. The molecule has 0 saturated carbocycles. The molecule has 4 nitrogen and oxygen atoms in total. The lowest BCUT2D eigenvalue weighted by molar-refractivity contribution is 0.102. The Labute approximate surface area is 140 Å². The van der Waals surface area contributed by atoms with Crippen LogP contribution < -0.4 is 5.32 Å². The van der Waals surface area contributed by atoms with Crippen molar-refractivity contribution in [1.29, 1.82) is 0 Å². The van der Waals surface area contributed by atoms with Crippen LogP contribution in [0.3, 0.4) is 0 Å². The van der Waals surface area contributed by atoms with E-state index >= 15 is 0 Å². The predicted octanol–water partition coefficient (Wildman–Crippen LogP) is 4.30. The molecule has 0 radical (unpaired) electrons. The summed E-state index contributed by atoms with van der Waals surface area (Å²) in [7, 11) is 0. The lowest BCUT2D eigenvalue weighted by Crippen LogP contribution is -2.12. The third-order valence-corrected chi connectivity index (χ3v) is 3.59. The van der Waals surface area contributed by atoms with Gasteiger partial charge in [0.15, 0.2) is 5.82 Å². The van der Waals surface area contributed by atoms with Gasteiger partial charge in [0, 0.05) is 28.1 Å². The van der Waals surface area contributed by atoms with Crippen LogP contribution in [0.25, 0.3) is 11.4 Å². The average Bonchev–Trinajstić information content (AvgIpc) is 2.56. The van der Waals surface area contributed by atoms with Crippen LogP contribution in [0.5, 0.6) is 0 Å². The second-order valence-corrected chi connectivity index (χ2v) is 5.68. The second-order valence-electron chi connectivity index (χ2n) is 4.77. The third-order valence-electron chi connectivity index (χ3n) is 3.10. The van der Waals surface area contributed by atoms with Crippen LogP contribution in [0.1, 0.15) is 10.4 Å². The largest absolute Gasteiger partial charge is 0.322 e. The van der Waals surface area contributed by atoms with Gasteiger partial charge in [-0.3, -0.25) is 4.79 Å². The Morgan fingerprint density at radius 3 is 2.39 bits per heavy atom. The molecule has 0 aliphatic heterocycles. The van der Waals surface area contributed by atoms with E-state index in [4.69, 9.17) is 0 Å². The van der Waals surface area contributed by atoms with E-state index < -0.39 is 0 Å². The molecule has 0 unspecified atom stereocenters. The van der Waals surface area contributed by atoms with E-state index in [0.29, 0.717) is 22.6 Å². The number of nitrogens with zero attached hydrogens (tertiary/aromatic N) is 2. The molecule has 3 rings (SSSR count). The van der Waals surface area contributed by atoms with Gasteiger partial charge in [0.1, 0.15) is 5.82 Å². The first kappa shape index (κ1) is 15.3. The topological polar surface area (TPSA) is 54.9 Å². The van der Waals surface area contributed by atoms with E-state index in [1.54, 1.807) is 24.3 Å². The van der Waals surface area contributed by atoms with Gasteiger partial charge in [-0.05, 0) is 42.5 Å². The number of amides is 1. The maximum absolute atomic E-state index is 12.9. The first-order chi connectivity index (χ1) is 11.1. The van der Waals surface area contributed by atoms with Gasteiger partial charge in [0.05, 0.1) is 5.56 Å². The summed E-state index contributed by atoms with van der Waals surface area (Å²) in [5.74, 6) is -0.184. The van der Waals surface area contributed by atoms with Gasteiger partial charge >= 0.3 is 0 Å². The van der Waals surface area contributed by atoms with Crippen LogP contribution in [-0.2, 0) is 0 Å². The van der Waals surface area contributed by atoms with Crippen LogP contribution in [0.15, 0.2) is 65.4 Å². The number of halogens is 2.